The Bertz CT molecular complexity index is 486. The van der Waals surface area contributed by atoms with Gasteiger partial charge in [-0.2, -0.15) is 11.8 Å². The summed E-state index contributed by atoms with van der Waals surface area (Å²) in [7, 11) is 0. The Morgan fingerprint density at radius 2 is 1.61 bits per heavy atom. The topological polar surface area (TPSA) is 12.0 Å². The standard InChI is InChI=1S/C16H17NS/c1-2-4-13(5-3-1)14-6-8-15(9-7-14)16-12-18-11-10-17-16/h1-9,16-17H,10-12H2. The molecule has 1 heterocycles. The highest BCUT2D eigenvalue weighted by Crippen LogP contribution is 2.25. The number of thioether (sulfide) groups is 1. The predicted octanol–water partition coefficient (Wildman–Crippen LogP) is 3.73. The Morgan fingerprint density at radius 3 is 2.28 bits per heavy atom. The molecule has 2 aromatic carbocycles. The molecule has 0 aliphatic carbocycles. The smallest absolute Gasteiger partial charge is 0.0412 e. The van der Waals surface area contributed by atoms with Crippen LogP contribution in [0.2, 0.25) is 0 Å². The molecular weight excluding hydrogens is 238 g/mol. The molecule has 18 heavy (non-hydrogen) atoms. The highest BCUT2D eigenvalue weighted by Gasteiger charge is 2.14. The molecule has 0 bridgehead atoms. The third kappa shape index (κ3) is 2.60. The molecule has 2 aromatic rings. The molecule has 0 amide bonds. The molecule has 92 valence electrons. The van der Waals surface area contributed by atoms with E-state index in [1.807, 2.05) is 11.8 Å². The van der Waals surface area contributed by atoms with Crippen molar-refractivity contribution in [3.63, 3.8) is 0 Å². The molecular formula is C16H17NS. The van der Waals surface area contributed by atoms with Gasteiger partial charge in [0.25, 0.3) is 0 Å². The van der Waals surface area contributed by atoms with Crippen molar-refractivity contribution in [2.45, 2.75) is 6.04 Å². The lowest BCUT2D eigenvalue weighted by atomic mass is 10.0. The monoisotopic (exact) mass is 255 g/mol. The van der Waals surface area contributed by atoms with Crippen molar-refractivity contribution in [1.82, 2.24) is 5.32 Å². The van der Waals surface area contributed by atoms with Crippen molar-refractivity contribution in [3.8, 4) is 11.1 Å². The third-order valence-electron chi connectivity index (χ3n) is 3.34. The summed E-state index contributed by atoms with van der Waals surface area (Å²) in [6.45, 7) is 1.12. The van der Waals surface area contributed by atoms with E-state index in [1.54, 1.807) is 0 Å². The Hall–Kier alpha value is -1.25. The van der Waals surface area contributed by atoms with Crippen LogP contribution in [-0.2, 0) is 0 Å². The van der Waals surface area contributed by atoms with Crippen molar-refractivity contribution in [2.24, 2.45) is 0 Å². The fourth-order valence-corrected chi connectivity index (χ4v) is 3.29. The van der Waals surface area contributed by atoms with Gasteiger partial charge in [0.05, 0.1) is 0 Å². The van der Waals surface area contributed by atoms with Gasteiger partial charge in [-0.1, -0.05) is 54.6 Å². The summed E-state index contributed by atoms with van der Waals surface area (Å²) in [6, 6.07) is 20.0. The highest BCUT2D eigenvalue weighted by molar-refractivity contribution is 7.99. The molecule has 0 spiro atoms. The molecule has 1 nitrogen and oxygen atoms in total. The maximum atomic E-state index is 3.57. The molecule has 1 aliphatic rings. The van der Waals surface area contributed by atoms with Crippen LogP contribution < -0.4 is 5.32 Å². The lowest BCUT2D eigenvalue weighted by Crippen LogP contribution is -2.30. The van der Waals surface area contributed by atoms with Gasteiger partial charge in [0.2, 0.25) is 0 Å². The van der Waals surface area contributed by atoms with Crippen molar-refractivity contribution in [1.29, 1.82) is 0 Å². The zero-order valence-electron chi connectivity index (χ0n) is 10.3. The van der Waals surface area contributed by atoms with E-state index >= 15 is 0 Å². The first kappa shape index (κ1) is 11.8. The molecule has 1 unspecified atom stereocenters. The van der Waals surface area contributed by atoms with E-state index in [0.717, 1.165) is 6.54 Å². The van der Waals surface area contributed by atoms with E-state index in [9.17, 15) is 0 Å². The first-order valence-electron chi connectivity index (χ1n) is 6.40. The molecule has 1 N–H and O–H groups in total. The molecule has 0 aromatic heterocycles. The lowest BCUT2D eigenvalue weighted by molar-refractivity contribution is 0.595. The van der Waals surface area contributed by atoms with Gasteiger partial charge < -0.3 is 5.32 Å². The fraction of sp³-hybridized carbons (Fsp3) is 0.250. The van der Waals surface area contributed by atoms with Crippen LogP contribution in [0.3, 0.4) is 0 Å². The van der Waals surface area contributed by atoms with E-state index in [4.69, 9.17) is 0 Å². The van der Waals surface area contributed by atoms with Crippen LogP contribution in [0, 0.1) is 0 Å². The Kier molecular flexibility index (Phi) is 3.67. The van der Waals surface area contributed by atoms with Crippen LogP contribution in [0.5, 0.6) is 0 Å². The van der Waals surface area contributed by atoms with E-state index in [1.165, 1.54) is 28.2 Å². The number of rotatable bonds is 2. The molecule has 1 aliphatic heterocycles. The quantitative estimate of drug-likeness (QED) is 0.877. The first-order chi connectivity index (χ1) is 8.93. The van der Waals surface area contributed by atoms with Crippen LogP contribution >= 0.6 is 11.8 Å². The van der Waals surface area contributed by atoms with Crippen LogP contribution in [0.15, 0.2) is 54.6 Å². The summed E-state index contributed by atoms with van der Waals surface area (Å²) in [5, 5.41) is 3.57. The van der Waals surface area contributed by atoms with Crippen molar-refractivity contribution in [3.05, 3.63) is 60.2 Å². The predicted molar refractivity (Wildman–Crippen MR) is 79.9 cm³/mol. The summed E-state index contributed by atoms with van der Waals surface area (Å²) in [4.78, 5) is 0. The first-order valence-corrected chi connectivity index (χ1v) is 7.55. The maximum absolute atomic E-state index is 3.57. The van der Waals surface area contributed by atoms with Crippen molar-refractivity contribution < 1.29 is 0 Å². The molecule has 1 atom stereocenters. The van der Waals surface area contributed by atoms with Gasteiger partial charge in [-0.3, -0.25) is 0 Å². The normalized spacial score (nSPS) is 19.7. The molecule has 2 heteroatoms. The minimum Gasteiger partial charge on any atom is -0.308 e. The SMILES string of the molecule is c1ccc(-c2ccc(C3CSCCN3)cc2)cc1. The summed E-state index contributed by atoms with van der Waals surface area (Å²) in [5.74, 6) is 2.42. The minimum atomic E-state index is 0.522. The lowest BCUT2D eigenvalue weighted by Gasteiger charge is -2.23. The molecule has 1 fully saturated rings. The second kappa shape index (κ2) is 5.59. The summed E-state index contributed by atoms with van der Waals surface area (Å²) in [6.07, 6.45) is 0. The summed E-state index contributed by atoms with van der Waals surface area (Å²) in [5.41, 5.74) is 3.99. The van der Waals surface area contributed by atoms with E-state index in [0.29, 0.717) is 6.04 Å². The Morgan fingerprint density at radius 1 is 0.889 bits per heavy atom. The zero-order chi connectivity index (χ0) is 12.2. The summed E-state index contributed by atoms with van der Waals surface area (Å²) >= 11 is 2.04. The molecule has 3 rings (SSSR count). The number of hydrogen-bond acceptors (Lipinski definition) is 2. The highest BCUT2D eigenvalue weighted by atomic mass is 32.2. The van der Waals surface area contributed by atoms with Crippen LogP contribution in [-0.4, -0.2) is 18.1 Å². The molecule has 0 saturated carbocycles. The maximum Gasteiger partial charge on any atom is 0.0412 e. The number of benzene rings is 2. The zero-order valence-corrected chi connectivity index (χ0v) is 11.1. The third-order valence-corrected chi connectivity index (χ3v) is 4.40. The number of nitrogens with one attached hydrogen (secondary N) is 1. The van der Waals surface area contributed by atoms with Gasteiger partial charge >= 0.3 is 0 Å². The second-order valence-electron chi connectivity index (χ2n) is 4.57. The van der Waals surface area contributed by atoms with Crippen LogP contribution in [0.1, 0.15) is 11.6 Å². The van der Waals surface area contributed by atoms with Gasteiger partial charge in [-0.15, -0.1) is 0 Å². The summed E-state index contributed by atoms with van der Waals surface area (Å²) < 4.78 is 0. The van der Waals surface area contributed by atoms with E-state index in [-0.39, 0.29) is 0 Å². The Balaban J connectivity index is 1.80. The van der Waals surface area contributed by atoms with E-state index < -0.39 is 0 Å². The average molecular weight is 255 g/mol. The van der Waals surface area contributed by atoms with Crippen molar-refractivity contribution in [2.75, 3.05) is 18.1 Å². The van der Waals surface area contributed by atoms with Crippen LogP contribution in [0.4, 0.5) is 0 Å². The number of hydrogen-bond donors (Lipinski definition) is 1. The van der Waals surface area contributed by atoms with Gasteiger partial charge in [-0.05, 0) is 16.7 Å². The second-order valence-corrected chi connectivity index (χ2v) is 5.72. The average Bonchev–Trinajstić information content (AvgIpc) is 2.49. The van der Waals surface area contributed by atoms with Gasteiger partial charge in [0, 0.05) is 24.1 Å². The fourth-order valence-electron chi connectivity index (χ4n) is 2.32. The molecule has 1 saturated heterocycles. The van der Waals surface area contributed by atoms with E-state index in [2.05, 4.69) is 59.9 Å². The largest absolute Gasteiger partial charge is 0.308 e. The minimum absolute atomic E-state index is 0.522. The van der Waals surface area contributed by atoms with Gasteiger partial charge in [0.15, 0.2) is 0 Å². The van der Waals surface area contributed by atoms with Crippen molar-refractivity contribution >= 4 is 11.8 Å². The van der Waals surface area contributed by atoms with Gasteiger partial charge in [0.1, 0.15) is 0 Å². The van der Waals surface area contributed by atoms with Gasteiger partial charge in [-0.25, -0.2) is 0 Å². The Labute approximate surface area is 113 Å². The van der Waals surface area contributed by atoms with Crippen LogP contribution in [0.25, 0.3) is 11.1 Å². The molecule has 0 radical (unpaired) electrons.